The lowest BCUT2D eigenvalue weighted by molar-refractivity contribution is -0.140. The minimum Gasteiger partial charge on any atom is -0.392 e. The van der Waals surface area contributed by atoms with Gasteiger partial charge in [0.25, 0.3) is 0 Å². The molecule has 1 unspecified atom stereocenters. The highest BCUT2D eigenvalue weighted by molar-refractivity contribution is 7.09. The second-order valence-corrected chi connectivity index (χ2v) is 8.34. The number of nitrogens with zero attached hydrogens (tertiary/aromatic N) is 1. The average Bonchev–Trinajstić information content (AvgIpc) is 3.39. The van der Waals surface area contributed by atoms with Crippen LogP contribution in [0.15, 0.2) is 46.9 Å². The summed E-state index contributed by atoms with van der Waals surface area (Å²) in [5, 5.41) is 9.19. The van der Waals surface area contributed by atoms with Gasteiger partial charge < -0.3 is 14.9 Å². The average molecular weight is 402 g/mol. The molecule has 0 radical (unpaired) electrons. The van der Waals surface area contributed by atoms with Gasteiger partial charge >= 0.3 is 0 Å². The predicted octanol–water partition coefficient (Wildman–Crippen LogP) is 3.88. The van der Waals surface area contributed by atoms with Crippen molar-refractivity contribution in [1.29, 1.82) is 0 Å². The number of carbonyl (C=O) groups is 1. The molecule has 0 aliphatic carbocycles. The zero-order valence-electron chi connectivity index (χ0n) is 15.5. The van der Waals surface area contributed by atoms with E-state index in [1.54, 1.807) is 29.5 Å². The van der Waals surface area contributed by atoms with E-state index in [4.69, 9.17) is 9.57 Å². The molecule has 1 saturated heterocycles. The fourth-order valence-electron chi connectivity index (χ4n) is 3.88. The molecule has 2 aliphatic rings. The summed E-state index contributed by atoms with van der Waals surface area (Å²) in [7, 11) is 0. The molecule has 1 aromatic carbocycles. The van der Waals surface area contributed by atoms with E-state index < -0.39 is 5.41 Å². The van der Waals surface area contributed by atoms with Crippen LogP contribution in [0.25, 0.3) is 0 Å². The van der Waals surface area contributed by atoms with Gasteiger partial charge in [-0.3, -0.25) is 4.79 Å². The number of hydrogen-bond acceptors (Lipinski definition) is 5. The summed E-state index contributed by atoms with van der Waals surface area (Å²) in [5.41, 5.74) is 0.526. The lowest BCUT2D eigenvalue weighted by atomic mass is 9.74. The predicted molar refractivity (Wildman–Crippen MR) is 106 cm³/mol. The summed E-state index contributed by atoms with van der Waals surface area (Å²) in [5.74, 6) is -0.271. The highest BCUT2D eigenvalue weighted by Gasteiger charge is 2.43. The molecule has 148 valence electrons. The van der Waals surface area contributed by atoms with Crippen LogP contribution in [-0.2, 0) is 20.9 Å². The van der Waals surface area contributed by atoms with Gasteiger partial charge in [-0.2, -0.15) is 0 Å². The number of hydrogen-bond donors (Lipinski definition) is 1. The number of amides is 1. The molecule has 4 rings (SSSR count). The molecule has 5 nitrogen and oxygen atoms in total. The summed E-state index contributed by atoms with van der Waals surface area (Å²) < 4.78 is 19.5. The van der Waals surface area contributed by atoms with E-state index in [1.807, 2.05) is 17.5 Å². The van der Waals surface area contributed by atoms with Gasteiger partial charge in [-0.1, -0.05) is 29.4 Å². The van der Waals surface area contributed by atoms with Crippen molar-refractivity contribution in [2.45, 2.75) is 38.3 Å². The second kappa shape index (κ2) is 8.41. The monoisotopic (exact) mass is 402 g/mol. The number of benzene rings is 1. The maximum absolute atomic E-state index is 14.0. The van der Waals surface area contributed by atoms with Crippen LogP contribution in [0.4, 0.5) is 4.39 Å². The Balaban J connectivity index is 1.42. The van der Waals surface area contributed by atoms with E-state index in [0.717, 1.165) is 4.88 Å². The van der Waals surface area contributed by atoms with Crippen molar-refractivity contribution < 1.29 is 18.8 Å². The van der Waals surface area contributed by atoms with Crippen molar-refractivity contribution >= 4 is 23.0 Å². The standard InChI is InChI=1S/C21H23FN2O3S/c22-18-6-2-1-5-17(18)19-12-15(27-24-19)13-21(7-9-26-10-8-21)20(25)23-14-16-4-3-11-28-16/h1-6,11,15H,7-10,12-14H2,(H,23,25). The van der Waals surface area contributed by atoms with E-state index in [0.29, 0.717) is 56.7 Å². The Morgan fingerprint density at radius 1 is 1.25 bits per heavy atom. The first-order chi connectivity index (χ1) is 13.7. The van der Waals surface area contributed by atoms with Crippen molar-refractivity contribution in [2.75, 3.05) is 13.2 Å². The van der Waals surface area contributed by atoms with Crippen molar-refractivity contribution in [1.82, 2.24) is 5.32 Å². The molecule has 1 fully saturated rings. The van der Waals surface area contributed by atoms with Gasteiger partial charge in [0.15, 0.2) is 0 Å². The van der Waals surface area contributed by atoms with Gasteiger partial charge in [0.2, 0.25) is 5.91 Å². The van der Waals surface area contributed by atoms with Gasteiger partial charge in [-0.05, 0) is 30.4 Å². The molecule has 1 N–H and O–H groups in total. The molecule has 3 heterocycles. The van der Waals surface area contributed by atoms with E-state index in [1.165, 1.54) is 6.07 Å². The van der Waals surface area contributed by atoms with E-state index in [-0.39, 0.29) is 17.8 Å². The highest BCUT2D eigenvalue weighted by Crippen LogP contribution is 2.39. The van der Waals surface area contributed by atoms with Gasteiger partial charge in [0, 0.05) is 36.5 Å². The first-order valence-electron chi connectivity index (χ1n) is 9.52. The fraction of sp³-hybridized carbons (Fsp3) is 0.429. The number of oxime groups is 1. The quantitative estimate of drug-likeness (QED) is 0.798. The maximum atomic E-state index is 14.0. The minimum absolute atomic E-state index is 0.0344. The SMILES string of the molecule is O=C(NCc1cccs1)C1(CC2CC(c3ccccc3F)=NO2)CCOCC1. The van der Waals surface area contributed by atoms with Crippen LogP contribution in [0.5, 0.6) is 0 Å². The number of halogens is 1. The van der Waals surface area contributed by atoms with Crippen LogP contribution in [0, 0.1) is 11.2 Å². The Labute approximate surface area is 167 Å². The molecular formula is C21H23FN2O3S. The van der Waals surface area contributed by atoms with Gasteiger partial charge in [0.1, 0.15) is 11.9 Å². The Morgan fingerprint density at radius 3 is 2.82 bits per heavy atom. The first kappa shape index (κ1) is 19.1. The fourth-order valence-corrected chi connectivity index (χ4v) is 4.53. The van der Waals surface area contributed by atoms with Crippen molar-refractivity contribution in [3.05, 3.63) is 58.0 Å². The molecule has 1 aromatic heterocycles. The second-order valence-electron chi connectivity index (χ2n) is 7.31. The highest BCUT2D eigenvalue weighted by atomic mass is 32.1. The number of carbonyl (C=O) groups excluding carboxylic acids is 1. The minimum atomic E-state index is -0.541. The summed E-state index contributed by atoms with van der Waals surface area (Å²) in [4.78, 5) is 19.8. The van der Waals surface area contributed by atoms with Crippen molar-refractivity contribution in [3.63, 3.8) is 0 Å². The molecule has 7 heteroatoms. The molecular weight excluding hydrogens is 379 g/mol. The zero-order chi connectivity index (χ0) is 19.4. The van der Waals surface area contributed by atoms with Crippen LogP contribution < -0.4 is 5.32 Å². The Hall–Kier alpha value is -2.25. The molecule has 0 spiro atoms. The third kappa shape index (κ3) is 4.10. The number of ether oxygens (including phenoxy) is 1. The third-order valence-corrected chi connectivity index (χ3v) is 6.35. The zero-order valence-corrected chi connectivity index (χ0v) is 16.3. The largest absolute Gasteiger partial charge is 0.392 e. The van der Waals surface area contributed by atoms with Crippen LogP contribution in [0.2, 0.25) is 0 Å². The molecule has 1 amide bonds. The molecule has 0 bridgehead atoms. The molecule has 0 saturated carbocycles. The van der Waals surface area contributed by atoms with Gasteiger partial charge in [-0.25, -0.2) is 4.39 Å². The van der Waals surface area contributed by atoms with Gasteiger partial charge in [-0.15, -0.1) is 11.3 Å². The number of rotatable bonds is 6. The summed E-state index contributed by atoms with van der Waals surface area (Å²) in [6, 6.07) is 10.6. The van der Waals surface area contributed by atoms with E-state index >= 15 is 0 Å². The van der Waals surface area contributed by atoms with Gasteiger partial charge in [0.05, 0.1) is 17.7 Å². The lowest BCUT2D eigenvalue weighted by Crippen LogP contribution is -2.46. The third-order valence-electron chi connectivity index (χ3n) is 5.47. The van der Waals surface area contributed by atoms with E-state index in [2.05, 4.69) is 10.5 Å². The van der Waals surface area contributed by atoms with Crippen LogP contribution in [-0.4, -0.2) is 30.9 Å². The van der Waals surface area contributed by atoms with Crippen molar-refractivity contribution in [2.24, 2.45) is 10.6 Å². The van der Waals surface area contributed by atoms with Crippen LogP contribution >= 0.6 is 11.3 Å². The summed E-state index contributed by atoms with van der Waals surface area (Å²) >= 11 is 1.62. The van der Waals surface area contributed by atoms with Crippen LogP contribution in [0.1, 0.15) is 36.1 Å². The topological polar surface area (TPSA) is 59.9 Å². The summed E-state index contributed by atoms with van der Waals surface area (Å²) in [6.45, 7) is 1.64. The molecule has 28 heavy (non-hydrogen) atoms. The Morgan fingerprint density at radius 2 is 2.07 bits per heavy atom. The Kier molecular flexibility index (Phi) is 5.73. The van der Waals surface area contributed by atoms with Crippen molar-refractivity contribution in [3.8, 4) is 0 Å². The number of nitrogens with one attached hydrogen (secondary N) is 1. The summed E-state index contributed by atoms with van der Waals surface area (Å²) in [6.07, 6.45) is 2.12. The normalized spacial score (nSPS) is 21.0. The van der Waals surface area contributed by atoms with Crippen LogP contribution in [0.3, 0.4) is 0 Å². The molecule has 2 aliphatic heterocycles. The molecule has 2 aromatic rings. The number of thiophene rings is 1. The smallest absolute Gasteiger partial charge is 0.226 e. The Bertz CT molecular complexity index is 847. The first-order valence-corrected chi connectivity index (χ1v) is 10.4. The lowest BCUT2D eigenvalue weighted by Gasteiger charge is -2.36. The maximum Gasteiger partial charge on any atom is 0.226 e. The van der Waals surface area contributed by atoms with E-state index in [9.17, 15) is 9.18 Å². The molecule has 1 atom stereocenters.